The van der Waals surface area contributed by atoms with Crippen LogP contribution in [0, 0.1) is 5.92 Å². The van der Waals surface area contributed by atoms with E-state index in [1.807, 2.05) is 34.3 Å². The zero-order valence-corrected chi connectivity index (χ0v) is 13.6. The SMILES string of the molecule is CN(C)c1ccc2c(c1)OC1=CC(=[N+](C)C)C=CC1C2=S. The molecule has 0 bridgehead atoms. The summed E-state index contributed by atoms with van der Waals surface area (Å²) in [6.07, 6.45) is 6.29. The topological polar surface area (TPSA) is 15.5 Å². The van der Waals surface area contributed by atoms with Crippen LogP contribution < -0.4 is 9.64 Å². The molecule has 0 aromatic heterocycles. The van der Waals surface area contributed by atoms with Crippen LogP contribution in [0.4, 0.5) is 5.69 Å². The Bertz CT molecular complexity index is 710. The molecule has 1 aromatic rings. The number of fused-ring (bicyclic) bond motifs is 2. The molecular weight excluding hydrogens is 280 g/mol. The third-order valence-corrected chi connectivity index (χ3v) is 4.30. The molecule has 21 heavy (non-hydrogen) atoms. The Morgan fingerprint density at radius 1 is 1.24 bits per heavy atom. The fraction of sp³-hybridized carbons (Fsp3) is 0.294. The van der Waals surface area contributed by atoms with Crippen LogP contribution in [0.2, 0.25) is 0 Å². The smallest absolute Gasteiger partial charge is 0.202 e. The molecule has 1 unspecified atom stereocenters. The quantitative estimate of drug-likeness (QED) is 0.585. The van der Waals surface area contributed by atoms with Crippen LogP contribution in [-0.4, -0.2) is 43.3 Å². The standard InChI is InChI=1S/C17H19N2OS/c1-18(2)11-5-7-13-15(9-11)20-16-10-12(19(3)4)6-8-14(16)17(13)21/h5-10,13H,1-4H3/q+1. The van der Waals surface area contributed by atoms with E-state index in [9.17, 15) is 0 Å². The Morgan fingerprint density at radius 3 is 2.67 bits per heavy atom. The fourth-order valence-electron chi connectivity index (χ4n) is 2.53. The number of nitrogens with zero attached hydrogens (tertiary/aromatic N) is 2. The number of rotatable bonds is 1. The Morgan fingerprint density at radius 2 is 2.00 bits per heavy atom. The molecule has 3 rings (SSSR count). The van der Waals surface area contributed by atoms with Crippen LogP contribution in [0.25, 0.3) is 0 Å². The zero-order valence-electron chi connectivity index (χ0n) is 12.8. The molecule has 0 N–H and O–H groups in total. The third kappa shape index (κ3) is 2.40. The van der Waals surface area contributed by atoms with E-state index in [4.69, 9.17) is 17.0 Å². The van der Waals surface area contributed by atoms with Crippen molar-refractivity contribution in [1.29, 1.82) is 0 Å². The second-order valence-electron chi connectivity index (χ2n) is 5.74. The number of thiocarbonyl (C=S) groups is 1. The van der Waals surface area contributed by atoms with Gasteiger partial charge < -0.3 is 9.64 Å². The lowest BCUT2D eigenvalue weighted by atomic mass is 9.89. The van der Waals surface area contributed by atoms with E-state index in [1.54, 1.807) is 0 Å². The lowest BCUT2D eigenvalue weighted by Gasteiger charge is -2.29. The fourth-order valence-corrected chi connectivity index (χ4v) is 2.90. The molecule has 0 amide bonds. The molecule has 0 radical (unpaired) electrons. The maximum atomic E-state index is 6.13. The van der Waals surface area contributed by atoms with Crippen molar-refractivity contribution in [1.82, 2.24) is 0 Å². The minimum absolute atomic E-state index is 0.0707. The molecule has 3 nitrogen and oxygen atoms in total. The maximum Gasteiger partial charge on any atom is 0.202 e. The van der Waals surface area contributed by atoms with Crippen molar-refractivity contribution in [2.45, 2.75) is 0 Å². The normalized spacial score (nSPS) is 19.4. The third-order valence-electron chi connectivity index (χ3n) is 3.83. The lowest BCUT2D eigenvalue weighted by molar-refractivity contribution is -0.462. The van der Waals surface area contributed by atoms with Gasteiger partial charge in [0.05, 0.1) is 5.92 Å². The molecule has 0 fully saturated rings. The van der Waals surface area contributed by atoms with Crippen LogP contribution in [0.5, 0.6) is 5.75 Å². The van der Waals surface area contributed by atoms with E-state index in [1.165, 1.54) is 0 Å². The van der Waals surface area contributed by atoms with Crippen LogP contribution >= 0.6 is 12.2 Å². The Labute approximate surface area is 130 Å². The van der Waals surface area contributed by atoms with Gasteiger partial charge >= 0.3 is 0 Å². The highest BCUT2D eigenvalue weighted by molar-refractivity contribution is 7.81. The summed E-state index contributed by atoms with van der Waals surface area (Å²) in [4.78, 5) is 2.99. The molecule has 0 saturated heterocycles. The van der Waals surface area contributed by atoms with Gasteiger partial charge in [-0.15, -0.1) is 0 Å². The lowest BCUT2D eigenvalue weighted by Crippen LogP contribution is -2.28. The Kier molecular flexibility index (Phi) is 3.41. The summed E-state index contributed by atoms with van der Waals surface area (Å²) in [5.74, 6) is 1.83. The van der Waals surface area contributed by atoms with Gasteiger partial charge in [0.25, 0.3) is 0 Å². The van der Waals surface area contributed by atoms with Crippen molar-refractivity contribution in [3.8, 4) is 5.75 Å². The zero-order chi connectivity index (χ0) is 15.1. The molecule has 1 heterocycles. The van der Waals surface area contributed by atoms with Gasteiger partial charge in [0.1, 0.15) is 25.6 Å². The van der Waals surface area contributed by atoms with E-state index in [0.717, 1.165) is 33.3 Å². The van der Waals surface area contributed by atoms with Crippen LogP contribution in [0.1, 0.15) is 5.56 Å². The number of anilines is 1. The van der Waals surface area contributed by atoms with Gasteiger partial charge in [0, 0.05) is 48.4 Å². The van der Waals surface area contributed by atoms with Crippen molar-refractivity contribution in [3.63, 3.8) is 0 Å². The summed E-state index contributed by atoms with van der Waals surface area (Å²) in [6, 6.07) is 6.18. The van der Waals surface area contributed by atoms with Gasteiger partial charge in [-0.2, -0.15) is 0 Å². The maximum absolute atomic E-state index is 6.13. The average molecular weight is 299 g/mol. The highest BCUT2D eigenvalue weighted by atomic mass is 32.1. The molecule has 108 valence electrons. The van der Waals surface area contributed by atoms with Gasteiger partial charge in [-0.25, -0.2) is 4.58 Å². The summed E-state index contributed by atoms with van der Waals surface area (Å²) in [6.45, 7) is 0. The van der Waals surface area contributed by atoms with E-state index in [0.29, 0.717) is 0 Å². The number of benzene rings is 1. The molecule has 0 saturated carbocycles. The van der Waals surface area contributed by atoms with Crippen LogP contribution in [0.15, 0.2) is 42.2 Å². The predicted molar refractivity (Wildman–Crippen MR) is 90.9 cm³/mol. The van der Waals surface area contributed by atoms with E-state index in [-0.39, 0.29) is 5.92 Å². The first kappa shape index (κ1) is 14.0. The number of hydrogen-bond donors (Lipinski definition) is 0. The molecule has 0 spiro atoms. The summed E-state index contributed by atoms with van der Waals surface area (Å²) in [5, 5.41) is 0. The van der Waals surface area contributed by atoms with Gasteiger partial charge in [-0.1, -0.05) is 18.3 Å². The summed E-state index contributed by atoms with van der Waals surface area (Å²) < 4.78 is 8.19. The molecule has 2 aliphatic rings. The first-order valence-electron chi connectivity index (χ1n) is 6.95. The van der Waals surface area contributed by atoms with Crippen molar-refractivity contribution < 1.29 is 9.31 Å². The number of ether oxygens (including phenoxy) is 1. The minimum Gasteiger partial charge on any atom is -0.460 e. The first-order chi connectivity index (χ1) is 9.97. The van der Waals surface area contributed by atoms with Gasteiger partial charge in [-0.05, 0) is 12.1 Å². The number of hydrogen-bond acceptors (Lipinski definition) is 3. The van der Waals surface area contributed by atoms with Crippen LogP contribution in [0.3, 0.4) is 0 Å². The van der Waals surface area contributed by atoms with Crippen molar-refractivity contribution in [3.05, 3.63) is 47.7 Å². The van der Waals surface area contributed by atoms with Gasteiger partial charge in [-0.3, -0.25) is 0 Å². The van der Waals surface area contributed by atoms with Crippen LogP contribution in [-0.2, 0) is 0 Å². The summed E-state index contributed by atoms with van der Waals surface area (Å²) in [5.41, 5.74) is 3.26. The molecular formula is C17H19N2OS+. The van der Waals surface area contributed by atoms with Crippen molar-refractivity contribution in [2.75, 3.05) is 33.1 Å². The highest BCUT2D eigenvalue weighted by Gasteiger charge is 2.31. The second-order valence-corrected chi connectivity index (χ2v) is 6.18. The minimum atomic E-state index is 0.0707. The molecule has 1 aromatic carbocycles. The predicted octanol–water partition coefficient (Wildman–Crippen LogP) is 2.65. The first-order valence-corrected chi connectivity index (χ1v) is 7.35. The molecule has 1 aliphatic carbocycles. The van der Waals surface area contributed by atoms with E-state index >= 15 is 0 Å². The summed E-state index contributed by atoms with van der Waals surface area (Å²) >= 11 is 5.66. The monoisotopic (exact) mass is 299 g/mol. The molecule has 4 heteroatoms. The molecule has 1 atom stereocenters. The second kappa shape index (κ2) is 5.11. The molecule has 1 aliphatic heterocycles. The summed E-state index contributed by atoms with van der Waals surface area (Å²) in [7, 11) is 8.09. The number of allylic oxidation sites excluding steroid dienone is 3. The van der Waals surface area contributed by atoms with Gasteiger partial charge in [0.2, 0.25) is 5.71 Å². The van der Waals surface area contributed by atoms with E-state index < -0.39 is 0 Å². The van der Waals surface area contributed by atoms with E-state index in [2.05, 4.69) is 39.8 Å². The van der Waals surface area contributed by atoms with Gasteiger partial charge in [0.15, 0.2) is 0 Å². The highest BCUT2D eigenvalue weighted by Crippen LogP contribution is 2.37. The average Bonchev–Trinajstić information content (AvgIpc) is 2.46. The van der Waals surface area contributed by atoms with Crippen molar-refractivity contribution in [2.24, 2.45) is 5.92 Å². The largest absolute Gasteiger partial charge is 0.460 e. The Hall–Kier alpha value is -1.94. The Balaban J connectivity index is 2.07. The van der Waals surface area contributed by atoms with Crippen molar-refractivity contribution >= 4 is 28.5 Å².